The summed E-state index contributed by atoms with van der Waals surface area (Å²) in [6, 6.07) is 3.50. The summed E-state index contributed by atoms with van der Waals surface area (Å²) in [7, 11) is 1.57. The molecule has 0 aliphatic heterocycles. The Bertz CT molecular complexity index is 893. The fourth-order valence-electron chi connectivity index (χ4n) is 2.25. The largest absolute Gasteiger partial charge is 0.496 e. The molecular formula is C15H14N2O4. The van der Waals surface area contributed by atoms with Crippen LogP contribution in [0.25, 0.3) is 22.4 Å². The highest BCUT2D eigenvalue weighted by Crippen LogP contribution is 2.34. The summed E-state index contributed by atoms with van der Waals surface area (Å²) in [4.78, 5) is 11.8. The molecular weight excluding hydrogens is 272 g/mol. The summed E-state index contributed by atoms with van der Waals surface area (Å²) < 4.78 is 16.2. The third-order valence-corrected chi connectivity index (χ3v) is 3.51. The maximum atomic E-state index is 11.8. The van der Waals surface area contributed by atoms with Gasteiger partial charge in [0.05, 0.1) is 12.5 Å². The van der Waals surface area contributed by atoms with E-state index in [1.54, 1.807) is 33.1 Å². The van der Waals surface area contributed by atoms with E-state index in [4.69, 9.17) is 13.6 Å². The van der Waals surface area contributed by atoms with Crippen LogP contribution in [0.2, 0.25) is 0 Å². The van der Waals surface area contributed by atoms with Gasteiger partial charge in [0.25, 0.3) is 0 Å². The minimum Gasteiger partial charge on any atom is -0.496 e. The van der Waals surface area contributed by atoms with Crippen molar-refractivity contribution in [3.8, 4) is 17.2 Å². The Morgan fingerprint density at radius 2 is 1.81 bits per heavy atom. The van der Waals surface area contributed by atoms with Crippen molar-refractivity contribution in [3.05, 3.63) is 39.6 Å². The third-order valence-electron chi connectivity index (χ3n) is 3.51. The highest BCUT2D eigenvalue weighted by Gasteiger charge is 2.16. The van der Waals surface area contributed by atoms with Crippen LogP contribution in [0.15, 0.2) is 25.8 Å². The highest BCUT2D eigenvalue weighted by molar-refractivity contribution is 5.90. The molecule has 0 N–H and O–H groups in total. The van der Waals surface area contributed by atoms with Gasteiger partial charge in [-0.05, 0) is 31.5 Å². The molecule has 0 unspecified atom stereocenters. The first-order valence-electron chi connectivity index (χ1n) is 6.43. The predicted molar refractivity (Wildman–Crippen MR) is 76.5 cm³/mol. The maximum absolute atomic E-state index is 11.8. The van der Waals surface area contributed by atoms with Crippen LogP contribution in [-0.2, 0) is 0 Å². The number of nitrogens with zero attached hydrogens (tertiary/aromatic N) is 2. The Kier molecular flexibility index (Phi) is 3.01. The molecule has 0 saturated heterocycles. The first kappa shape index (κ1) is 13.4. The van der Waals surface area contributed by atoms with Crippen LogP contribution in [0.4, 0.5) is 0 Å². The van der Waals surface area contributed by atoms with Gasteiger partial charge in [0.1, 0.15) is 11.3 Å². The van der Waals surface area contributed by atoms with E-state index in [0.29, 0.717) is 34.2 Å². The zero-order chi connectivity index (χ0) is 15.1. The Labute approximate surface area is 120 Å². The molecule has 1 aromatic carbocycles. The van der Waals surface area contributed by atoms with Crippen molar-refractivity contribution in [2.45, 2.75) is 20.8 Å². The van der Waals surface area contributed by atoms with E-state index < -0.39 is 0 Å². The van der Waals surface area contributed by atoms with Gasteiger partial charge in [-0.3, -0.25) is 0 Å². The second-order valence-corrected chi connectivity index (χ2v) is 4.82. The van der Waals surface area contributed by atoms with Crippen LogP contribution < -0.4 is 10.4 Å². The molecule has 0 atom stereocenters. The second kappa shape index (κ2) is 4.73. The average molecular weight is 286 g/mol. The first-order chi connectivity index (χ1) is 10.0. The number of hydrogen-bond donors (Lipinski definition) is 0. The van der Waals surface area contributed by atoms with Gasteiger partial charge in [0.15, 0.2) is 0 Å². The van der Waals surface area contributed by atoms with E-state index in [0.717, 1.165) is 10.9 Å². The number of rotatable bonds is 2. The van der Waals surface area contributed by atoms with Gasteiger partial charge in [-0.15, -0.1) is 10.2 Å². The van der Waals surface area contributed by atoms with Crippen LogP contribution in [0.1, 0.15) is 17.0 Å². The molecule has 0 radical (unpaired) electrons. The summed E-state index contributed by atoms with van der Waals surface area (Å²) in [6.45, 7) is 5.31. The third kappa shape index (κ3) is 2.08. The minimum absolute atomic E-state index is 0.355. The van der Waals surface area contributed by atoms with E-state index >= 15 is 0 Å². The van der Waals surface area contributed by atoms with E-state index in [1.807, 2.05) is 6.92 Å². The molecule has 0 aliphatic rings. The molecule has 3 rings (SSSR count). The molecule has 0 aliphatic carbocycles. The molecule has 0 amide bonds. The fourth-order valence-corrected chi connectivity index (χ4v) is 2.25. The van der Waals surface area contributed by atoms with E-state index in [-0.39, 0.29) is 5.63 Å². The molecule has 0 fully saturated rings. The standard InChI is InChI=1S/C15H14N2O4/c1-7-8(2)15(18)21-12-6-10(5-11(19-4)13(7)12)14-17-16-9(3)20-14/h5-6H,1-4H3. The highest BCUT2D eigenvalue weighted by atomic mass is 16.5. The Morgan fingerprint density at radius 3 is 2.43 bits per heavy atom. The summed E-state index contributed by atoms with van der Waals surface area (Å²) in [6.07, 6.45) is 0. The molecule has 21 heavy (non-hydrogen) atoms. The molecule has 3 aromatic rings. The van der Waals surface area contributed by atoms with Crippen LogP contribution >= 0.6 is 0 Å². The second-order valence-electron chi connectivity index (χ2n) is 4.82. The van der Waals surface area contributed by atoms with E-state index in [1.165, 1.54) is 0 Å². The number of benzene rings is 1. The van der Waals surface area contributed by atoms with Crippen LogP contribution in [0.3, 0.4) is 0 Å². The van der Waals surface area contributed by atoms with Crippen molar-refractivity contribution in [3.63, 3.8) is 0 Å². The smallest absolute Gasteiger partial charge is 0.339 e. The fraction of sp³-hybridized carbons (Fsp3) is 0.267. The van der Waals surface area contributed by atoms with E-state index in [2.05, 4.69) is 10.2 Å². The van der Waals surface area contributed by atoms with Crippen LogP contribution in [0.5, 0.6) is 5.75 Å². The van der Waals surface area contributed by atoms with Crippen molar-refractivity contribution in [2.24, 2.45) is 0 Å². The molecule has 0 saturated carbocycles. The van der Waals surface area contributed by atoms with Gasteiger partial charge in [-0.25, -0.2) is 4.79 Å². The summed E-state index contributed by atoms with van der Waals surface area (Å²) in [5, 5.41) is 8.54. The maximum Gasteiger partial charge on any atom is 0.339 e. The van der Waals surface area contributed by atoms with Gasteiger partial charge in [0, 0.05) is 18.1 Å². The van der Waals surface area contributed by atoms with Crippen molar-refractivity contribution >= 4 is 11.0 Å². The molecule has 6 heteroatoms. The number of methoxy groups -OCH3 is 1. The van der Waals surface area contributed by atoms with Gasteiger partial charge >= 0.3 is 5.63 Å². The predicted octanol–water partition coefficient (Wildman–Crippen LogP) is 2.78. The van der Waals surface area contributed by atoms with Gasteiger partial charge in [-0.2, -0.15) is 0 Å². The van der Waals surface area contributed by atoms with Crippen molar-refractivity contribution in [2.75, 3.05) is 7.11 Å². The Morgan fingerprint density at radius 1 is 1.05 bits per heavy atom. The average Bonchev–Trinajstić information content (AvgIpc) is 2.90. The lowest BCUT2D eigenvalue weighted by Gasteiger charge is -2.10. The zero-order valence-corrected chi connectivity index (χ0v) is 12.2. The molecule has 0 spiro atoms. The molecule has 0 bridgehead atoms. The van der Waals surface area contributed by atoms with Crippen molar-refractivity contribution in [1.82, 2.24) is 10.2 Å². The van der Waals surface area contributed by atoms with Gasteiger partial charge in [-0.1, -0.05) is 0 Å². The first-order valence-corrected chi connectivity index (χ1v) is 6.43. The summed E-state index contributed by atoms with van der Waals surface area (Å²) in [5.74, 6) is 1.42. The molecule has 6 nitrogen and oxygen atoms in total. The Balaban J connectivity index is 2.37. The van der Waals surface area contributed by atoms with Crippen LogP contribution in [0, 0.1) is 20.8 Å². The lowest BCUT2D eigenvalue weighted by molar-refractivity contribution is 0.418. The quantitative estimate of drug-likeness (QED) is 0.674. The van der Waals surface area contributed by atoms with Crippen LogP contribution in [-0.4, -0.2) is 17.3 Å². The summed E-state index contributed by atoms with van der Waals surface area (Å²) in [5.41, 5.74) is 2.13. The van der Waals surface area contributed by atoms with Crippen molar-refractivity contribution in [1.29, 1.82) is 0 Å². The zero-order valence-electron chi connectivity index (χ0n) is 12.2. The molecule has 2 heterocycles. The SMILES string of the molecule is COc1cc(-c2nnc(C)o2)cc2oc(=O)c(C)c(C)c12. The topological polar surface area (TPSA) is 78.4 Å². The van der Waals surface area contributed by atoms with Crippen molar-refractivity contribution < 1.29 is 13.6 Å². The number of fused-ring (bicyclic) bond motifs is 1. The monoisotopic (exact) mass is 286 g/mol. The number of ether oxygens (including phenoxy) is 1. The van der Waals surface area contributed by atoms with Gasteiger partial charge < -0.3 is 13.6 Å². The normalized spacial score (nSPS) is 11.0. The lowest BCUT2D eigenvalue weighted by atomic mass is 10.0. The lowest BCUT2D eigenvalue weighted by Crippen LogP contribution is -2.06. The van der Waals surface area contributed by atoms with E-state index in [9.17, 15) is 4.79 Å². The van der Waals surface area contributed by atoms with Gasteiger partial charge in [0.2, 0.25) is 11.8 Å². The summed E-state index contributed by atoms with van der Waals surface area (Å²) >= 11 is 0. The molecule has 2 aromatic heterocycles. The number of aromatic nitrogens is 2. The number of hydrogen-bond acceptors (Lipinski definition) is 6. The minimum atomic E-state index is -0.360. The number of aryl methyl sites for hydroxylation is 2. The molecule has 108 valence electrons. The Hall–Kier alpha value is -2.63.